The zero-order chi connectivity index (χ0) is 16.6. The molecule has 0 bridgehead atoms. The van der Waals surface area contributed by atoms with Gasteiger partial charge in [0.2, 0.25) is 5.91 Å². The van der Waals surface area contributed by atoms with Gasteiger partial charge < -0.3 is 4.90 Å². The van der Waals surface area contributed by atoms with E-state index in [-0.39, 0.29) is 16.0 Å². The lowest BCUT2D eigenvalue weighted by molar-refractivity contribution is -0.116. The molecule has 120 valence electrons. The fourth-order valence-electron chi connectivity index (χ4n) is 2.51. The fraction of sp³-hybridized carbons (Fsp3) is 0.200. The van der Waals surface area contributed by atoms with E-state index in [1.54, 1.807) is 17.0 Å². The van der Waals surface area contributed by atoms with Crippen LogP contribution in [0.5, 0.6) is 0 Å². The van der Waals surface area contributed by atoms with Crippen LogP contribution in [0.2, 0.25) is 5.15 Å². The number of pyridine rings is 1. The molecule has 1 aliphatic rings. The SMILES string of the molecule is CC(=O)N1CCc2ccc(NS(=O)(=O)c3ccc(Cl)nc3)cc21. The maximum Gasteiger partial charge on any atom is 0.263 e. The molecule has 6 nitrogen and oxygen atoms in total. The maximum absolute atomic E-state index is 12.4. The summed E-state index contributed by atoms with van der Waals surface area (Å²) < 4.78 is 27.2. The second-order valence-corrected chi connectivity index (χ2v) is 7.26. The molecule has 2 aromatic rings. The Hall–Kier alpha value is -2.12. The van der Waals surface area contributed by atoms with E-state index in [2.05, 4.69) is 9.71 Å². The smallest absolute Gasteiger partial charge is 0.263 e. The first-order chi connectivity index (χ1) is 10.9. The number of carbonyl (C=O) groups is 1. The van der Waals surface area contributed by atoms with Crippen molar-refractivity contribution >= 4 is 38.9 Å². The lowest BCUT2D eigenvalue weighted by Crippen LogP contribution is -2.25. The van der Waals surface area contributed by atoms with Crippen LogP contribution in [0, 0.1) is 0 Å². The number of aromatic nitrogens is 1. The van der Waals surface area contributed by atoms with E-state index in [4.69, 9.17) is 11.6 Å². The van der Waals surface area contributed by atoms with E-state index < -0.39 is 10.0 Å². The number of anilines is 2. The van der Waals surface area contributed by atoms with Crippen molar-refractivity contribution in [2.45, 2.75) is 18.2 Å². The first-order valence-electron chi connectivity index (χ1n) is 6.92. The van der Waals surface area contributed by atoms with Gasteiger partial charge in [-0.1, -0.05) is 17.7 Å². The number of nitrogens with one attached hydrogen (secondary N) is 1. The third-order valence-corrected chi connectivity index (χ3v) is 5.21. The normalized spacial score (nSPS) is 13.7. The molecule has 1 aliphatic heterocycles. The zero-order valence-corrected chi connectivity index (χ0v) is 13.9. The second-order valence-electron chi connectivity index (χ2n) is 5.19. The van der Waals surface area contributed by atoms with Crippen molar-refractivity contribution in [3.05, 3.63) is 47.2 Å². The molecule has 8 heteroatoms. The predicted molar refractivity (Wildman–Crippen MR) is 88.2 cm³/mol. The van der Waals surface area contributed by atoms with E-state index in [9.17, 15) is 13.2 Å². The summed E-state index contributed by atoms with van der Waals surface area (Å²) in [6.07, 6.45) is 1.96. The Balaban J connectivity index is 1.90. The van der Waals surface area contributed by atoms with Crippen LogP contribution < -0.4 is 9.62 Å². The summed E-state index contributed by atoms with van der Waals surface area (Å²) >= 11 is 5.67. The van der Waals surface area contributed by atoms with Crippen molar-refractivity contribution in [3.63, 3.8) is 0 Å². The molecule has 2 heterocycles. The summed E-state index contributed by atoms with van der Waals surface area (Å²) in [4.78, 5) is 17.1. The van der Waals surface area contributed by atoms with Gasteiger partial charge in [-0.3, -0.25) is 9.52 Å². The quantitative estimate of drug-likeness (QED) is 0.861. The second kappa shape index (κ2) is 5.82. The number of sulfonamides is 1. The van der Waals surface area contributed by atoms with E-state index in [1.807, 2.05) is 6.07 Å². The molecule has 1 aromatic heterocycles. The van der Waals surface area contributed by atoms with Gasteiger partial charge in [-0.2, -0.15) is 0 Å². The van der Waals surface area contributed by atoms with Gasteiger partial charge in [-0.05, 0) is 36.2 Å². The van der Waals surface area contributed by atoms with E-state index >= 15 is 0 Å². The van der Waals surface area contributed by atoms with E-state index in [0.29, 0.717) is 12.2 Å². The average Bonchev–Trinajstić information content (AvgIpc) is 2.90. The van der Waals surface area contributed by atoms with Crippen molar-refractivity contribution in [1.29, 1.82) is 0 Å². The number of hydrogen-bond donors (Lipinski definition) is 1. The van der Waals surface area contributed by atoms with E-state index in [1.165, 1.54) is 25.3 Å². The minimum Gasteiger partial charge on any atom is -0.312 e. The molecular formula is C15H14ClN3O3S. The van der Waals surface area contributed by atoms with E-state index in [0.717, 1.165) is 17.7 Å². The van der Waals surface area contributed by atoms with Gasteiger partial charge in [0.1, 0.15) is 10.0 Å². The van der Waals surface area contributed by atoms with Crippen LogP contribution in [0.15, 0.2) is 41.4 Å². The summed E-state index contributed by atoms with van der Waals surface area (Å²) in [6.45, 7) is 2.10. The number of carbonyl (C=O) groups excluding carboxylic acids is 1. The Labute approximate surface area is 139 Å². The van der Waals surface area contributed by atoms with Crippen LogP contribution >= 0.6 is 11.6 Å². The standard InChI is InChI=1S/C15H14ClN3O3S/c1-10(20)19-7-6-11-2-3-12(8-14(11)19)18-23(21,22)13-4-5-15(16)17-9-13/h2-5,8-9,18H,6-7H2,1H3. The number of rotatable bonds is 3. The number of halogens is 1. The minimum absolute atomic E-state index is 0.0193. The van der Waals surface area contributed by atoms with Crippen LogP contribution in [0.3, 0.4) is 0 Å². The molecule has 0 radical (unpaired) electrons. The van der Waals surface area contributed by atoms with Gasteiger partial charge >= 0.3 is 0 Å². The number of nitrogens with zero attached hydrogens (tertiary/aromatic N) is 2. The molecule has 23 heavy (non-hydrogen) atoms. The molecule has 0 saturated heterocycles. The topological polar surface area (TPSA) is 79.4 Å². The fourth-order valence-corrected chi connectivity index (χ4v) is 3.61. The Kier molecular flexibility index (Phi) is 3.99. The lowest BCUT2D eigenvalue weighted by atomic mass is 10.1. The molecule has 3 rings (SSSR count). The molecular weight excluding hydrogens is 338 g/mol. The molecule has 0 unspecified atom stereocenters. The third-order valence-electron chi connectivity index (χ3n) is 3.62. The largest absolute Gasteiger partial charge is 0.312 e. The van der Waals surface area contributed by atoms with Gasteiger partial charge in [0.05, 0.1) is 5.69 Å². The highest BCUT2D eigenvalue weighted by Crippen LogP contribution is 2.31. The van der Waals surface area contributed by atoms with Crippen LogP contribution in [-0.4, -0.2) is 25.9 Å². The maximum atomic E-state index is 12.4. The highest BCUT2D eigenvalue weighted by molar-refractivity contribution is 7.92. The summed E-state index contributed by atoms with van der Waals surface area (Å²) in [5.41, 5.74) is 2.16. The zero-order valence-electron chi connectivity index (χ0n) is 12.3. The molecule has 0 aliphatic carbocycles. The van der Waals surface area contributed by atoms with Crippen LogP contribution in [0.1, 0.15) is 12.5 Å². The van der Waals surface area contributed by atoms with Crippen LogP contribution in [0.4, 0.5) is 11.4 Å². The number of benzene rings is 1. The Morgan fingerprint density at radius 3 is 2.74 bits per heavy atom. The molecule has 0 atom stereocenters. The summed E-state index contributed by atoms with van der Waals surface area (Å²) in [7, 11) is -3.76. The lowest BCUT2D eigenvalue weighted by Gasteiger charge is -2.16. The molecule has 1 amide bonds. The molecule has 0 spiro atoms. The van der Waals surface area contributed by atoms with Crippen molar-refractivity contribution < 1.29 is 13.2 Å². The highest BCUT2D eigenvalue weighted by atomic mass is 35.5. The Morgan fingerprint density at radius 1 is 1.30 bits per heavy atom. The summed E-state index contributed by atoms with van der Waals surface area (Å²) in [5, 5.41) is 0.221. The van der Waals surface area contributed by atoms with Crippen LogP contribution in [0.25, 0.3) is 0 Å². The highest BCUT2D eigenvalue weighted by Gasteiger charge is 2.23. The number of hydrogen-bond acceptors (Lipinski definition) is 4. The number of amides is 1. The van der Waals surface area contributed by atoms with Crippen molar-refractivity contribution in [3.8, 4) is 0 Å². The van der Waals surface area contributed by atoms with Crippen molar-refractivity contribution in [2.24, 2.45) is 0 Å². The molecule has 1 aromatic carbocycles. The Morgan fingerprint density at radius 2 is 2.09 bits per heavy atom. The van der Waals surface area contributed by atoms with Crippen molar-refractivity contribution in [2.75, 3.05) is 16.2 Å². The van der Waals surface area contributed by atoms with Gasteiger partial charge in [0.15, 0.2) is 0 Å². The van der Waals surface area contributed by atoms with Gasteiger partial charge in [-0.25, -0.2) is 13.4 Å². The molecule has 0 fully saturated rings. The summed E-state index contributed by atoms with van der Waals surface area (Å²) in [6, 6.07) is 7.98. The molecule has 1 N–H and O–H groups in total. The van der Waals surface area contributed by atoms with Crippen molar-refractivity contribution in [1.82, 2.24) is 4.98 Å². The van der Waals surface area contributed by atoms with Gasteiger partial charge in [0, 0.05) is 25.4 Å². The predicted octanol–water partition coefficient (Wildman–Crippen LogP) is 2.44. The first kappa shape index (κ1) is 15.8. The monoisotopic (exact) mass is 351 g/mol. The molecule has 0 saturated carbocycles. The van der Waals surface area contributed by atoms with Gasteiger partial charge in [0.25, 0.3) is 10.0 Å². The number of fused-ring (bicyclic) bond motifs is 1. The average molecular weight is 352 g/mol. The first-order valence-corrected chi connectivity index (χ1v) is 8.78. The van der Waals surface area contributed by atoms with Crippen LogP contribution in [-0.2, 0) is 21.2 Å². The Bertz CT molecular complexity index is 866. The van der Waals surface area contributed by atoms with Gasteiger partial charge in [-0.15, -0.1) is 0 Å². The summed E-state index contributed by atoms with van der Waals surface area (Å²) in [5.74, 6) is -0.0642. The minimum atomic E-state index is -3.76. The third kappa shape index (κ3) is 3.16.